The number of hydrogen-bond acceptors (Lipinski definition) is 2. The maximum atomic E-state index is 13.7. The molecule has 130 valence electrons. The van der Waals surface area contributed by atoms with Gasteiger partial charge in [0.1, 0.15) is 23.2 Å². The molecule has 4 nitrogen and oxygen atoms in total. The normalized spacial score (nSPS) is 12.7. The van der Waals surface area contributed by atoms with Gasteiger partial charge in [0.15, 0.2) is 0 Å². The van der Waals surface area contributed by atoms with Crippen LogP contribution in [0.1, 0.15) is 42.8 Å². The summed E-state index contributed by atoms with van der Waals surface area (Å²) in [6.45, 7) is 2.88. The molecule has 0 aliphatic heterocycles. The van der Waals surface area contributed by atoms with E-state index in [0.717, 1.165) is 6.07 Å². The second-order valence-corrected chi connectivity index (χ2v) is 5.19. The first-order chi connectivity index (χ1) is 11.2. The molecule has 9 heteroatoms. The molecular formula is C15H14F5N3O. The van der Waals surface area contributed by atoms with Crippen molar-refractivity contribution in [2.45, 2.75) is 32.7 Å². The van der Waals surface area contributed by atoms with E-state index < -0.39 is 42.0 Å². The number of benzene rings is 1. The molecule has 0 fully saturated rings. The van der Waals surface area contributed by atoms with E-state index in [1.54, 1.807) is 6.92 Å². The fraction of sp³-hybridized carbons (Fsp3) is 0.333. The third-order valence-corrected chi connectivity index (χ3v) is 3.36. The summed E-state index contributed by atoms with van der Waals surface area (Å²) in [5.41, 5.74) is -1.12. The highest BCUT2D eigenvalue weighted by atomic mass is 19.3. The summed E-state index contributed by atoms with van der Waals surface area (Å²) < 4.78 is 65.5. The first-order valence-corrected chi connectivity index (χ1v) is 6.93. The topological polar surface area (TPSA) is 46.9 Å². The molecule has 2 aromatic rings. The van der Waals surface area contributed by atoms with Gasteiger partial charge in [-0.05, 0) is 37.6 Å². The highest BCUT2D eigenvalue weighted by Gasteiger charge is 2.27. The number of nitrogens with zero attached hydrogens (tertiary/aromatic N) is 2. The Labute approximate surface area is 134 Å². The van der Waals surface area contributed by atoms with Gasteiger partial charge in [0.05, 0.1) is 5.69 Å². The zero-order valence-electron chi connectivity index (χ0n) is 12.7. The molecule has 1 unspecified atom stereocenters. The van der Waals surface area contributed by atoms with E-state index >= 15 is 0 Å². The van der Waals surface area contributed by atoms with E-state index in [2.05, 4.69) is 10.4 Å². The molecular weight excluding hydrogens is 333 g/mol. The van der Waals surface area contributed by atoms with Gasteiger partial charge in [0.2, 0.25) is 5.91 Å². The van der Waals surface area contributed by atoms with E-state index in [4.69, 9.17) is 0 Å². The summed E-state index contributed by atoms with van der Waals surface area (Å²) in [5.74, 6) is -1.56. The number of halogens is 5. The molecule has 0 aliphatic rings. The summed E-state index contributed by atoms with van der Waals surface area (Å²) in [7, 11) is 0. The second kappa shape index (κ2) is 6.98. The van der Waals surface area contributed by atoms with Crippen LogP contribution in [0.4, 0.5) is 27.6 Å². The molecule has 1 N–H and O–H groups in total. The molecule has 1 aromatic heterocycles. The number of aryl methyl sites for hydroxylation is 1. The number of aromatic nitrogens is 2. The van der Waals surface area contributed by atoms with Crippen molar-refractivity contribution in [3.63, 3.8) is 0 Å². The Morgan fingerprint density at radius 1 is 1.17 bits per heavy atom. The number of amides is 1. The minimum atomic E-state index is -3.09. The van der Waals surface area contributed by atoms with Crippen molar-refractivity contribution in [3.05, 3.63) is 47.0 Å². The van der Waals surface area contributed by atoms with Crippen molar-refractivity contribution >= 4 is 11.6 Å². The maximum Gasteiger partial charge on any atom is 0.282 e. The SMILES string of the molecule is Cc1ccc(F)c(NC(=O)C(C)n2nc(C(F)F)cc2C(F)F)c1. The van der Waals surface area contributed by atoms with Gasteiger partial charge >= 0.3 is 0 Å². The van der Waals surface area contributed by atoms with Crippen LogP contribution in [0.5, 0.6) is 0 Å². The van der Waals surface area contributed by atoms with E-state index in [1.807, 2.05) is 0 Å². The van der Waals surface area contributed by atoms with Crippen LogP contribution in [0.25, 0.3) is 0 Å². The van der Waals surface area contributed by atoms with Crippen LogP contribution in [0.15, 0.2) is 24.3 Å². The summed E-state index contributed by atoms with van der Waals surface area (Å²) in [6.07, 6.45) is -6.14. The largest absolute Gasteiger partial charge is 0.322 e. The van der Waals surface area contributed by atoms with Gasteiger partial charge in [-0.1, -0.05) is 6.07 Å². The van der Waals surface area contributed by atoms with Crippen molar-refractivity contribution in [3.8, 4) is 0 Å². The first kappa shape index (κ1) is 17.9. The standard InChI is InChI=1S/C15H14F5N3O/c1-7-3-4-9(16)10(5-7)21-15(24)8(2)23-12(14(19)20)6-11(22-23)13(17)18/h3-6,8,13-14H,1-2H3,(H,21,24). The zero-order chi connectivity index (χ0) is 18.0. The van der Waals surface area contributed by atoms with Gasteiger partial charge in [-0.15, -0.1) is 0 Å². The van der Waals surface area contributed by atoms with Crippen LogP contribution in [0.2, 0.25) is 0 Å². The lowest BCUT2D eigenvalue weighted by Crippen LogP contribution is -2.26. The van der Waals surface area contributed by atoms with Gasteiger partial charge in [-0.25, -0.2) is 22.0 Å². The predicted octanol–water partition coefficient (Wildman–Crippen LogP) is 4.41. The van der Waals surface area contributed by atoms with Crippen LogP contribution in [0.3, 0.4) is 0 Å². The van der Waals surface area contributed by atoms with E-state index in [0.29, 0.717) is 16.3 Å². The fourth-order valence-corrected chi connectivity index (χ4v) is 2.09. The maximum absolute atomic E-state index is 13.7. The number of anilines is 1. The number of alkyl halides is 4. The predicted molar refractivity (Wildman–Crippen MR) is 76.6 cm³/mol. The Balaban J connectivity index is 2.29. The van der Waals surface area contributed by atoms with Gasteiger partial charge in [-0.2, -0.15) is 5.10 Å². The molecule has 2 rings (SSSR count). The quantitative estimate of drug-likeness (QED) is 0.815. The number of carbonyl (C=O) groups excluding carboxylic acids is 1. The Kier molecular flexibility index (Phi) is 5.20. The Morgan fingerprint density at radius 2 is 1.83 bits per heavy atom. The molecule has 1 atom stereocenters. The van der Waals surface area contributed by atoms with Gasteiger partial charge in [-0.3, -0.25) is 9.48 Å². The number of rotatable bonds is 5. The van der Waals surface area contributed by atoms with Crippen molar-refractivity contribution in [1.29, 1.82) is 0 Å². The number of hydrogen-bond donors (Lipinski definition) is 1. The zero-order valence-corrected chi connectivity index (χ0v) is 12.7. The smallest absolute Gasteiger partial charge is 0.282 e. The van der Waals surface area contributed by atoms with Crippen LogP contribution in [-0.4, -0.2) is 15.7 Å². The van der Waals surface area contributed by atoms with Crippen LogP contribution in [0, 0.1) is 12.7 Å². The lowest BCUT2D eigenvalue weighted by molar-refractivity contribution is -0.119. The average molecular weight is 347 g/mol. The van der Waals surface area contributed by atoms with Crippen molar-refractivity contribution in [2.75, 3.05) is 5.32 Å². The molecule has 0 saturated carbocycles. The Hall–Kier alpha value is -2.45. The Bertz CT molecular complexity index is 745. The van der Waals surface area contributed by atoms with Gasteiger partial charge < -0.3 is 5.32 Å². The molecule has 0 bridgehead atoms. The van der Waals surface area contributed by atoms with Crippen molar-refractivity contribution < 1.29 is 26.7 Å². The first-order valence-electron chi connectivity index (χ1n) is 6.93. The average Bonchev–Trinajstić information content (AvgIpc) is 2.95. The lowest BCUT2D eigenvalue weighted by atomic mass is 10.2. The van der Waals surface area contributed by atoms with E-state index in [1.165, 1.54) is 19.1 Å². The summed E-state index contributed by atoms with van der Waals surface area (Å²) in [5, 5.41) is 5.61. The molecule has 1 amide bonds. The molecule has 0 aliphatic carbocycles. The fourth-order valence-electron chi connectivity index (χ4n) is 2.09. The number of carbonyl (C=O) groups is 1. The van der Waals surface area contributed by atoms with Gasteiger partial charge in [0.25, 0.3) is 12.9 Å². The molecule has 0 spiro atoms. The Morgan fingerprint density at radius 3 is 2.42 bits per heavy atom. The van der Waals surface area contributed by atoms with E-state index in [-0.39, 0.29) is 5.69 Å². The van der Waals surface area contributed by atoms with E-state index in [9.17, 15) is 26.7 Å². The molecule has 1 aromatic carbocycles. The van der Waals surface area contributed by atoms with Crippen LogP contribution >= 0.6 is 0 Å². The van der Waals surface area contributed by atoms with Gasteiger partial charge in [0, 0.05) is 0 Å². The molecule has 0 saturated heterocycles. The summed E-state index contributed by atoms with van der Waals surface area (Å²) in [6, 6.07) is 3.21. The third kappa shape index (κ3) is 3.72. The van der Waals surface area contributed by atoms with Crippen molar-refractivity contribution in [2.24, 2.45) is 0 Å². The minimum Gasteiger partial charge on any atom is -0.322 e. The van der Waals surface area contributed by atoms with Crippen molar-refractivity contribution in [1.82, 2.24) is 9.78 Å². The highest BCUT2D eigenvalue weighted by Crippen LogP contribution is 2.28. The third-order valence-electron chi connectivity index (χ3n) is 3.36. The molecule has 24 heavy (non-hydrogen) atoms. The molecule has 1 heterocycles. The lowest BCUT2D eigenvalue weighted by Gasteiger charge is -2.16. The minimum absolute atomic E-state index is 0.133. The van der Waals surface area contributed by atoms with Crippen LogP contribution < -0.4 is 5.32 Å². The summed E-state index contributed by atoms with van der Waals surface area (Å²) >= 11 is 0. The highest BCUT2D eigenvalue weighted by molar-refractivity contribution is 5.93. The molecule has 0 radical (unpaired) electrons. The monoisotopic (exact) mass is 347 g/mol. The second-order valence-electron chi connectivity index (χ2n) is 5.19. The van der Waals surface area contributed by atoms with Crippen LogP contribution in [-0.2, 0) is 4.79 Å². The number of nitrogens with one attached hydrogen (secondary N) is 1. The summed E-state index contributed by atoms with van der Waals surface area (Å²) in [4.78, 5) is 12.2.